The number of rotatable bonds is 3. The minimum absolute atomic E-state index is 0.0343. The van der Waals surface area contributed by atoms with Gasteiger partial charge in [-0.25, -0.2) is 0 Å². The van der Waals surface area contributed by atoms with Gasteiger partial charge in [-0.1, -0.05) is 11.6 Å². The molecule has 2 aromatic rings. The molecule has 2 heterocycles. The molecule has 1 unspecified atom stereocenters. The molecule has 0 aliphatic carbocycles. The van der Waals surface area contributed by atoms with E-state index in [1.54, 1.807) is 10.7 Å². The third-order valence-electron chi connectivity index (χ3n) is 2.68. The first-order valence-electron chi connectivity index (χ1n) is 5.07. The highest BCUT2D eigenvalue weighted by Gasteiger charge is 2.25. The van der Waals surface area contributed by atoms with Crippen molar-refractivity contribution in [2.24, 2.45) is 0 Å². The zero-order chi connectivity index (χ0) is 12.0. The van der Waals surface area contributed by atoms with Crippen LogP contribution in [-0.2, 0) is 11.3 Å². The third-order valence-corrected chi connectivity index (χ3v) is 2.96. The average molecular weight is 254 g/mol. The summed E-state index contributed by atoms with van der Waals surface area (Å²) in [5.41, 5.74) is 0.701. The van der Waals surface area contributed by atoms with Crippen LogP contribution in [0, 0.1) is 10.1 Å². The highest BCUT2D eigenvalue weighted by Crippen LogP contribution is 2.27. The van der Waals surface area contributed by atoms with Gasteiger partial charge in [-0.3, -0.25) is 14.8 Å². The molecule has 0 bridgehead atoms. The molecule has 3 rings (SSSR count). The molecule has 6 nitrogen and oxygen atoms in total. The molecule has 1 aliphatic heterocycles. The zero-order valence-electron chi connectivity index (χ0n) is 8.67. The van der Waals surface area contributed by atoms with Crippen LogP contribution < -0.4 is 0 Å². The van der Waals surface area contributed by atoms with Crippen LogP contribution in [0.2, 0.25) is 5.15 Å². The Morgan fingerprint density at radius 3 is 3.06 bits per heavy atom. The van der Waals surface area contributed by atoms with Gasteiger partial charge in [-0.15, -0.1) is 0 Å². The van der Waals surface area contributed by atoms with E-state index in [4.69, 9.17) is 16.3 Å². The lowest BCUT2D eigenvalue weighted by Gasteiger charge is -1.99. The van der Waals surface area contributed by atoms with Gasteiger partial charge in [0, 0.05) is 17.5 Å². The molecular formula is C10H8ClN3O3. The van der Waals surface area contributed by atoms with Gasteiger partial charge in [0.05, 0.1) is 23.6 Å². The highest BCUT2D eigenvalue weighted by molar-refractivity contribution is 6.34. The predicted molar refractivity (Wildman–Crippen MR) is 61.1 cm³/mol. The van der Waals surface area contributed by atoms with Gasteiger partial charge >= 0.3 is 0 Å². The average Bonchev–Trinajstić information content (AvgIpc) is 3.05. The van der Waals surface area contributed by atoms with E-state index in [0.717, 1.165) is 5.39 Å². The number of fused-ring (bicyclic) bond motifs is 1. The van der Waals surface area contributed by atoms with Gasteiger partial charge in [-0.05, 0) is 6.07 Å². The number of non-ortho nitro benzene ring substituents is 1. The lowest BCUT2D eigenvalue weighted by Crippen LogP contribution is -2.05. The monoisotopic (exact) mass is 253 g/mol. The van der Waals surface area contributed by atoms with Crippen molar-refractivity contribution in [3.8, 4) is 0 Å². The number of hydrogen-bond donors (Lipinski definition) is 0. The maximum atomic E-state index is 10.7. The summed E-state index contributed by atoms with van der Waals surface area (Å²) in [6.45, 7) is 1.28. The lowest BCUT2D eigenvalue weighted by molar-refractivity contribution is -0.384. The summed E-state index contributed by atoms with van der Waals surface area (Å²) >= 11 is 5.97. The SMILES string of the molecule is O=[N+]([O-])c1ccc2c(Cl)nn(CC3CO3)c2c1. The van der Waals surface area contributed by atoms with Gasteiger partial charge in [-0.2, -0.15) is 5.10 Å². The number of hydrogen-bond acceptors (Lipinski definition) is 4. The number of nitrogens with zero attached hydrogens (tertiary/aromatic N) is 3. The van der Waals surface area contributed by atoms with Crippen molar-refractivity contribution in [3.63, 3.8) is 0 Å². The fourth-order valence-corrected chi connectivity index (χ4v) is 1.99. The molecule has 0 amide bonds. The highest BCUT2D eigenvalue weighted by atomic mass is 35.5. The second-order valence-corrected chi connectivity index (χ2v) is 4.24. The second-order valence-electron chi connectivity index (χ2n) is 3.89. The Hall–Kier alpha value is -1.66. The van der Waals surface area contributed by atoms with Crippen LogP contribution in [0.15, 0.2) is 18.2 Å². The summed E-state index contributed by atoms with van der Waals surface area (Å²) in [4.78, 5) is 10.3. The van der Waals surface area contributed by atoms with E-state index in [0.29, 0.717) is 23.8 Å². The van der Waals surface area contributed by atoms with Crippen molar-refractivity contribution >= 4 is 28.2 Å². The molecular weight excluding hydrogens is 246 g/mol. The quantitative estimate of drug-likeness (QED) is 0.476. The molecule has 17 heavy (non-hydrogen) atoms. The van der Waals surface area contributed by atoms with Crippen molar-refractivity contribution in [3.05, 3.63) is 33.5 Å². The van der Waals surface area contributed by atoms with E-state index in [-0.39, 0.29) is 11.8 Å². The van der Waals surface area contributed by atoms with Gasteiger partial charge in [0.2, 0.25) is 0 Å². The van der Waals surface area contributed by atoms with Crippen molar-refractivity contribution in [2.75, 3.05) is 6.61 Å². The topological polar surface area (TPSA) is 73.5 Å². The van der Waals surface area contributed by atoms with Crippen LogP contribution in [-0.4, -0.2) is 27.4 Å². The Labute approximate surface area is 101 Å². The van der Waals surface area contributed by atoms with Crippen LogP contribution in [0.5, 0.6) is 0 Å². The molecule has 7 heteroatoms. The number of ether oxygens (including phenoxy) is 1. The Morgan fingerprint density at radius 1 is 1.65 bits per heavy atom. The Kier molecular flexibility index (Phi) is 2.27. The number of epoxide rings is 1. The van der Waals surface area contributed by atoms with E-state index in [9.17, 15) is 10.1 Å². The summed E-state index contributed by atoms with van der Waals surface area (Å²) in [5.74, 6) is 0. The first-order chi connectivity index (χ1) is 8.15. The summed E-state index contributed by atoms with van der Waals surface area (Å²) in [5, 5.41) is 15.9. The molecule has 0 N–H and O–H groups in total. The molecule has 88 valence electrons. The fourth-order valence-electron chi connectivity index (χ4n) is 1.74. The van der Waals surface area contributed by atoms with Gasteiger partial charge in [0.25, 0.3) is 5.69 Å². The van der Waals surface area contributed by atoms with E-state index < -0.39 is 4.92 Å². The molecule has 0 saturated carbocycles. The summed E-state index contributed by atoms with van der Waals surface area (Å²) in [6, 6.07) is 4.53. The van der Waals surface area contributed by atoms with Gasteiger partial charge in [0.1, 0.15) is 6.10 Å². The van der Waals surface area contributed by atoms with Crippen LogP contribution in [0.3, 0.4) is 0 Å². The normalized spacial score (nSPS) is 18.5. The van der Waals surface area contributed by atoms with Gasteiger partial charge < -0.3 is 4.74 Å². The standard InChI is InChI=1S/C10H8ClN3O3/c11-10-8-2-1-6(14(15)16)3-9(8)13(12-10)4-7-5-17-7/h1-3,7H,4-5H2. The predicted octanol–water partition coefficient (Wildman–Crippen LogP) is 2.00. The van der Waals surface area contributed by atoms with Crippen molar-refractivity contribution in [2.45, 2.75) is 12.6 Å². The molecule has 1 atom stereocenters. The molecule has 1 saturated heterocycles. The number of nitro benzene ring substituents is 1. The molecule has 1 aromatic carbocycles. The first-order valence-corrected chi connectivity index (χ1v) is 5.45. The second kappa shape index (κ2) is 3.68. The van der Waals surface area contributed by atoms with Crippen molar-refractivity contribution in [1.82, 2.24) is 9.78 Å². The van der Waals surface area contributed by atoms with Crippen LogP contribution in [0.1, 0.15) is 0 Å². The van der Waals surface area contributed by atoms with E-state index in [1.807, 2.05) is 0 Å². The zero-order valence-corrected chi connectivity index (χ0v) is 9.42. The largest absolute Gasteiger partial charge is 0.371 e. The van der Waals surface area contributed by atoms with Crippen LogP contribution in [0.4, 0.5) is 5.69 Å². The maximum absolute atomic E-state index is 10.7. The summed E-state index contributed by atoms with van der Waals surface area (Å²) < 4.78 is 6.77. The minimum Gasteiger partial charge on any atom is -0.371 e. The van der Waals surface area contributed by atoms with Crippen LogP contribution in [0.25, 0.3) is 10.9 Å². The van der Waals surface area contributed by atoms with Crippen LogP contribution >= 0.6 is 11.6 Å². The molecule has 1 aromatic heterocycles. The Bertz CT molecular complexity index is 606. The summed E-state index contributed by atoms with van der Waals surface area (Å²) in [7, 11) is 0. The minimum atomic E-state index is -0.432. The van der Waals surface area contributed by atoms with E-state index in [1.165, 1.54) is 12.1 Å². The molecule has 1 fully saturated rings. The maximum Gasteiger partial charge on any atom is 0.271 e. The first kappa shape index (κ1) is 10.5. The molecule has 1 aliphatic rings. The summed E-state index contributed by atoms with van der Waals surface area (Å²) in [6.07, 6.45) is 0.147. The van der Waals surface area contributed by atoms with E-state index in [2.05, 4.69) is 5.10 Å². The number of nitro groups is 1. The van der Waals surface area contributed by atoms with Crippen molar-refractivity contribution < 1.29 is 9.66 Å². The Balaban J connectivity index is 2.13. The van der Waals surface area contributed by atoms with Crippen molar-refractivity contribution in [1.29, 1.82) is 0 Å². The van der Waals surface area contributed by atoms with E-state index >= 15 is 0 Å². The van der Waals surface area contributed by atoms with Gasteiger partial charge in [0.15, 0.2) is 5.15 Å². The molecule has 0 radical (unpaired) electrons. The lowest BCUT2D eigenvalue weighted by atomic mass is 10.2. The number of aromatic nitrogens is 2. The number of benzene rings is 1. The Morgan fingerprint density at radius 2 is 2.41 bits per heavy atom. The smallest absolute Gasteiger partial charge is 0.271 e. The molecule has 0 spiro atoms. The third kappa shape index (κ3) is 1.85. The number of halogens is 1. The fraction of sp³-hybridized carbons (Fsp3) is 0.300.